The van der Waals surface area contributed by atoms with E-state index < -0.39 is 26.6 Å². The van der Waals surface area contributed by atoms with Crippen molar-refractivity contribution in [2.45, 2.75) is 58.9 Å². The minimum Gasteiger partial charge on any atom is -0.744 e. The van der Waals surface area contributed by atoms with Crippen LogP contribution in [0.2, 0.25) is 0 Å². The van der Waals surface area contributed by atoms with Gasteiger partial charge in [0, 0.05) is 17.2 Å². The summed E-state index contributed by atoms with van der Waals surface area (Å²) >= 11 is 0. The van der Waals surface area contributed by atoms with Crippen LogP contribution in [0.1, 0.15) is 73.2 Å². The lowest BCUT2D eigenvalue weighted by Gasteiger charge is -2.28. The minimum atomic E-state index is -4.96. The number of rotatable bonds is 6. The lowest BCUT2D eigenvalue weighted by atomic mass is 9.76. The predicted molar refractivity (Wildman–Crippen MR) is 117 cm³/mol. The summed E-state index contributed by atoms with van der Waals surface area (Å²) in [6.07, 6.45) is 10.2. The molecule has 2 aromatic rings. The lowest BCUT2D eigenvalue weighted by Crippen LogP contribution is -2.27. The molecule has 1 heterocycles. The van der Waals surface area contributed by atoms with Gasteiger partial charge in [-0.1, -0.05) is 52.3 Å². The number of ketones is 2. The minimum absolute atomic E-state index is 0.0176. The highest BCUT2D eigenvalue weighted by Gasteiger charge is 2.34. The van der Waals surface area contributed by atoms with Crippen molar-refractivity contribution in [1.82, 2.24) is 4.57 Å². The Balaban J connectivity index is 0.000000285. The third-order valence-electron chi connectivity index (χ3n) is 5.52. The molecule has 0 bridgehead atoms. The van der Waals surface area contributed by atoms with Gasteiger partial charge < -0.3 is 4.55 Å². The molecule has 0 spiro atoms. The summed E-state index contributed by atoms with van der Waals surface area (Å²) in [7, 11) is -2.92. The second kappa shape index (κ2) is 9.70. The number of carbonyl (C=O) groups excluding carboxylic acids is 2. The first-order chi connectivity index (χ1) is 14.4. The Morgan fingerprint density at radius 1 is 1.16 bits per heavy atom. The molecule has 1 aliphatic carbocycles. The Labute approximate surface area is 184 Å². The van der Waals surface area contributed by atoms with Crippen LogP contribution in [0.4, 0.5) is 0 Å². The molecular formula is C23H30N2O5S. The molecular weight excluding hydrogens is 416 g/mol. The van der Waals surface area contributed by atoms with Crippen LogP contribution in [0.5, 0.6) is 0 Å². The van der Waals surface area contributed by atoms with E-state index in [2.05, 4.69) is 34.8 Å². The fourth-order valence-electron chi connectivity index (χ4n) is 3.31. The maximum Gasteiger partial charge on any atom is 0.243 e. The first-order valence-corrected chi connectivity index (χ1v) is 11.7. The standard InChI is InChI=1S/C15H16O5S.C8H15N2/c1-4-15(2,3)10-7-5-6-9-13(10)11(16)8-12(14(9)17)21(18,19)20;1-3-4-5-10-7-6-9(2)8-10/h5-8H,4H2,1-3H3,(H,18,19,20);6-8H,3-5H2,1-2H3/q;+1/p-1. The zero-order valence-electron chi connectivity index (χ0n) is 18.7. The van der Waals surface area contributed by atoms with Crippen molar-refractivity contribution in [3.05, 3.63) is 64.6 Å². The highest BCUT2D eigenvalue weighted by molar-refractivity contribution is 7.90. The largest absolute Gasteiger partial charge is 0.744 e. The summed E-state index contributed by atoms with van der Waals surface area (Å²) < 4.78 is 37.6. The van der Waals surface area contributed by atoms with Gasteiger partial charge in [0.15, 0.2) is 5.78 Å². The summed E-state index contributed by atoms with van der Waals surface area (Å²) in [5.41, 5.74) is 0.514. The third kappa shape index (κ3) is 5.77. The van der Waals surface area contributed by atoms with Crippen LogP contribution < -0.4 is 4.57 Å². The fraction of sp³-hybridized carbons (Fsp3) is 0.435. The lowest BCUT2D eigenvalue weighted by molar-refractivity contribution is -0.671. The molecule has 168 valence electrons. The van der Waals surface area contributed by atoms with Gasteiger partial charge in [-0.25, -0.2) is 17.6 Å². The van der Waals surface area contributed by atoms with E-state index in [1.165, 1.54) is 18.9 Å². The maximum atomic E-state index is 12.2. The number of fused-ring (bicyclic) bond motifs is 1. The van der Waals surface area contributed by atoms with Crippen molar-refractivity contribution < 1.29 is 27.1 Å². The molecule has 8 heteroatoms. The zero-order valence-corrected chi connectivity index (χ0v) is 19.5. The van der Waals surface area contributed by atoms with E-state index >= 15 is 0 Å². The van der Waals surface area contributed by atoms with Gasteiger partial charge >= 0.3 is 0 Å². The van der Waals surface area contributed by atoms with Crippen LogP contribution in [-0.4, -0.2) is 29.1 Å². The first-order valence-electron chi connectivity index (χ1n) is 10.3. The Bertz CT molecular complexity index is 1110. The number of benzene rings is 1. The van der Waals surface area contributed by atoms with E-state index in [0.29, 0.717) is 11.6 Å². The van der Waals surface area contributed by atoms with E-state index in [0.717, 1.165) is 13.0 Å². The average Bonchev–Trinajstić information content (AvgIpc) is 3.13. The van der Waals surface area contributed by atoms with Crippen molar-refractivity contribution in [3.63, 3.8) is 0 Å². The number of allylic oxidation sites excluding steroid dienone is 2. The smallest absolute Gasteiger partial charge is 0.243 e. The Hall–Kier alpha value is -2.58. The average molecular weight is 447 g/mol. The summed E-state index contributed by atoms with van der Waals surface area (Å²) in [5, 5.41) is 0. The number of carbonyl (C=O) groups is 2. The van der Waals surface area contributed by atoms with Gasteiger partial charge in [0.25, 0.3) is 0 Å². The number of hydrogen-bond donors (Lipinski definition) is 0. The van der Waals surface area contributed by atoms with Crippen LogP contribution in [0.15, 0.2) is 47.9 Å². The molecule has 0 radical (unpaired) electrons. The van der Waals surface area contributed by atoms with E-state index in [9.17, 15) is 22.6 Å². The third-order valence-corrected chi connectivity index (χ3v) is 6.36. The number of Topliss-reactive ketones (excluding diaryl/α,β-unsaturated/α-hetero) is 1. The molecule has 3 rings (SSSR count). The van der Waals surface area contributed by atoms with E-state index in [1.54, 1.807) is 12.1 Å². The molecule has 0 unspecified atom stereocenters. The number of aryl methyl sites for hydroxylation is 2. The molecule has 0 saturated carbocycles. The first kappa shape index (κ1) is 24.7. The number of aromatic nitrogens is 2. The number of hydrogen-bond acceptors (Lipinski definition) is 5. The quantitative estimate of drug-likeness (QED) is 0.501. The van der Waals surface area contributed by atoms with Crippen LogP contribution in [0.3, 0.4) is 0 Å². The second-order valence-electron chi connectivity index (χ2n) is 8.29. The zero-order chi connectivity index (χ0) is 23.4. The second-order valence-corrected chi connectivity index (χ2v) is 9.64. The normalized spacial score (nSPS) is 13.9. The number of imidazole rings is 1. The molecule has 1 aromatic carbocycles. The fourth-order valence-corrected chi connectivity index (χ4v) is 3.90. The van der Waals surface area contributed by atoms with Gasteiger partial charge in [-0.3, -0.25) is 9.59 Å². The Morgan fingerprint density at radius 2 is 1.84 bits per heavy atom. The molecule has 0 N–H and O–H groups in total. The SMILES string of the molecule is CCC(C)(C)c1cccc2c1C(=O)C=C(S(=O)(=O)[O-])C2=O.CCCCn1cc[n+](C)c1. The van der Waals surface area contributed by atoms with Crippen LogP contribution in [0.25, 0.3) is 0 Å². The molecule has 0 aliphatic heterocycles. The summed E-state index contributed by atoms with van der Waals surface area (Å²) in [5.74, 6) is -1.52. The van der Waals surface area contributed by atoms with E-state index in [4.69, 9.17) is 0 Å². The highest BCUT2D eigenvalue weighted by atomic mass is 32.2. The Morgan fingerprint density at radius 3 is 2.35 bits per heavy atom. The molecule has 0 saturated heterocycles. The highest BCUT2D eigenvalue weighted by Crippen LogP contribution is 2.35. The van der Waals surface area contributed by atoms with E-state index in [1.807, 2.05) is 27.8 Å². The predicted octanol–water partition coefficient (Wildman–Crippen LogP) is 3.30. The van der Waals surface area contributed by atoms with Gasteiger partial charge in [0.05, 0.1) is 13.6 Å². The molecule has 0 atom stereocenters. The molecule has 0 amide bonds. The molecule has 31 heavy (non-hydrogen) atoms. The van der Waals surface area contributed by atoms with Crippen molar-refractivity contribution in [2.24, 2.45) is 7.05 Å². The molecule has 1 aliphatic rings. The van der Waals surface area contributed by atoms with Crippen molar-refractivity contribution in [2.75, 3.05) is 0 Å². The van der Waals surface area contributed by atoms with Crippen molar-refractivity contribution in [3.8, 4) is 0 Å². The summed E-state index contributed by atoms with van der Waals surface area (Å²) in [6.45, 7) is 9.19. The monoisotopic (exact) mass is 446 g/mol. The van der Waals surface area contributed by atoms with Gasteiger partial charge in [-0.2, -0.15) is 0 Å². The molecule has 1 aromatic heterocycles. The van der Waals surface area contributed by atoms with E-state index in [-0.39, 0.29) is 16.5 Å². The van der Waals surface area contributed by atoms with Gasteiger partial charge in [-0.15, -0.1) is 0 Å². The topological polar surface area (TPSA) is 100 Å². The summed E-state index contributed by atoms with van der Waals surface area (Å²) in [4.78, 5) is 23.4. The van der Waals surface area contributed by atoms with Crippen molar-refractivity contribution >= 4 is 21.7 Å². The molecule has 7 nitrogen and oxygen atoms in total. The van der Waals surface area contributed by atoms with Gasteiger partial charge in [0.1, 0.15) is 27.4 Å². The van der Waals surface area contributed by atoms with Crippen LogP contribution in [0, 0.1) is 0 Å². The van der Waals surface area contributed by atoms with Crippen LogP contribution >= 0.6 is 0 Å². The van der Waals surface area contributed by atoms with Gasteiger partial charge in [0.2, 0.25) is 12.1 Å². The summed E-state index contributed by atoms with van der Waals surface area (Å²) in [6, 6.07) is 4.72. The maximum absolute atomic E-state index is 12.2. The van der Waals surface area contributed by atoms with Crippen LogP contribution in [-0.2, 0) is 29.1 Å². The number of nitrogens with zero attached hydrogens (tertiary/aromatic N) is 2. The Kier molecular flexibility index (Phi) is 7.72. The molecule has 0 fully saturated rings. The van der Waals surface area contributed by atoms with Crippen molar-refractivity contribution in [1.29, 1.82) is 0 Å². The number of unbranched alkanes of at least 4 members (excludes halogenated alkanes) is 1. The van der Waals surface area contributed by atoms with Gasteiger partial charge in [-0.05, 0) is 23.8 Å².